The third kappa shape index (κ3) is 1.16. The lowest BCUT2D eigenvalue weighted by Crippen LogP contribution is -2.78. The van der Waals surface area contributed by atoms with E-state index < -0.39 is 28.6 Å². The van der Waals surface area contributed by atoms with Gasteiger partial charge in [0.15, 0.2) is 0 Å². The van der Waals surface area contributed by atoms with Crippen molar-refractivity contribution in [2.45, 2.75) is 51.4 Å². The molecule has 4 nitrogen and oxygen atoms in total. The Morgan fingerprint density at radius 2 is 1.79 bits per heavy atom. The maximum Gasteiger partial charge on any atom is 0.0992 e. The van der Waals surface area contributed by atoms with E-state index in [1.54, 1.807) is 6.08 Å². The van der Waals surface area contributed by atoms with Gasteiger partial charge in [0.1, 0.15) is 0 Å². The monoisotopic (exact) mass is 268 g/mol. The van der Waals surface area contributed by atoms with Crippen molar-refractivity contribution in [3.05, 3.63) is 12.2 Å². The molecule has 19 heavy (non-hydrogen) atoms. The molecule has 0 bridgehead atoms. The molecule has 3 aliphatic rings. The van der Waals surface area contributed by atoms with E-state index in [-0.39, 0.29) is 17.9 Å². The first kappa shape index (κ1) is 13.6. The van der Waals surface area contributed by atoms with Gasteiger partial charge in [-0.25, -0.2) is 0 Å². The van der Waals surface area contributed by atoms with Gasteiger partial charge in [-0.2, -0.15) is 0 Å². The summed E-state index contributed by atoms with van der Waals surface area (Å²) in [5.74, 6) is -0.279. The maximum absolute atomic E-state index is 11.0. The van der Waals surface area contributed by atoms with E-state index in [4.69, 9.17) is 0 Å². The molecular formula is C15H24O4. The second-order valence-electron chi connectivity index (χ2n) is 7.61. The summed E-state index contributed by atoms with van der Waals surface area (Å²) in [6, 6.07) is 0. The number of rotatable bonds is 1. The highest BCUT2D eigenvalue weighted by molar-refractivity contribution is 5.33. The first-order valence-electron chi connectivity index (χ1n) is 7.04. The van der Waals surface area contributed by atoms with Crippen LogP contribution in [-0.2, 0) is 0 Å². The summed E-state index contributed by atoms with van der Waals surface area (Å²) in [6.07, 6.45) is 3.11. The summed E-state index contributed by atoms with van der Waals surface area (Å²) in [4.78, 5) is 0. The molecule has 0 radical (unpaired) electrons. The van der Waals surface area contributed by atoms with Gasteiger partial charge in [0.25, 0.3) is 0 Å². The van der Waals surface area contributed by atoms with Crippen LogP contribution in [-0.4, -0.2) is 44.8 Å². The maximum atomic E-state index is 11.0. The molecule has 3 rings (SSSR count). The number of fused-ring (bicyclic) bond motifs is 3. The molecule has 6 atom stereocenters. The van der Waals surface area contributed by atoms with Crippen LogP contribution in [0.1, 0.15) is 33.6 Å². The second kappa shape index (κ2) is 3.42. The van der Waals surface area contributed by atoms with E-state index >= 15 is 0 Å². The second-order valence-corrected chi connectivity index (χ2v) is 7.61. The minimum Gasteiger partial charge on any atom is -0.396 e. The molecule has 0 aromatic heterocycles. The third-order valence-corrected chi connectivity index (χ3v) is 6.58. The summed E-state index contributed by atoms with van der Waals surface area (Å²) < 4.78 is 0. The van der Waals surface area contributed by atoms with Gasteiger partial charge in [-0.05, 0) is 23.7 Å². The molecule has 108 valence electrons. The van der Waals surface area contributed by atoms with E-state index in [0.717, 1.165) is 0 Å². The molecule has 4 heteroatoms. The van der Waals surface area contributed by atoms with Gasteiger partial charge in [0.2, 0.25) is 0 Å². The number of aliphatic hydroxyl groups is 4. The summed E-state index contributed by atoms with van der Waals surface area (Å²) in [5.41, 5.74) is -2.84. The van der Waals surface area contributed by atoms with Crippen molar-refractivity contribution in [2.24, 2.45) is 22.2 Å². The average molecular weight is 268 g/mol. The van der Waals surface area contributed by atoms with E-state index in [0.29, 0.717) is 12.8 Å². The standard InChI is InChI=1S/C15H24O4/c1-12(2)6-9-14(8-16)10(17)4-5-13(14,3)7-11(18)15(9,12)19/h4-5,9-11,16-19H,6-8H2,1-3H3. The van der Waals surface area contributed by atoms with Crippen LogP contribution < -0.4 is 0 Å². The van der Waals surface area contributed by atoms with Crippen molar-refractivity contribution in [1.82, 2.24) is 0 Å². The van der Waals surface area contributed by atoms with Crippen molar-refractivity contribution in [1.29, 1.82) is 0 Å². The normalized spacial score (nSPS) is 58.4. The highest BCUT2D eigenvalue weighted by Gasteiger charge is 2.77. The molecular weight excluding hydrogens is 244 g/mol. The molecule has 0 heterocycles. The number of hydrogen-bond acceptors (Lipinski definition) is 4. The Bertz CT molecular complexity index is 445. The fourth-order valence-electron chi connectivity index (χ4n) is 5.20. The molecule has 3 aliphatic carbocycles. The summed E-state index contributed by atoms with van der Waals surface area (Å²) >= 11 is 0. The van der Waals surface area contributed by atoms with Gasteiger partial charge in [-0.15, -0.1) is 0 Å². The van der Waals surface area contributed by atoms with Gasteiger partial charge in [-0.3, -0.25) is 0 Å². The zero-order valence-electron chi connectivity index (χ0n) is 11.8. The van der Waals surface area contributed by atoms with Crippen LogP contribution in [0.5, 0.6) is 0 Å². The van der Waals surface area contributed by atoms with E-state index in [9.17, 15) is 20.4 Å². The molecule has 0 aromatic carbocycles. The molecule has 0 aliphatic heterocycles. The van der Waals surface area contributed by atoms with Crippen LogP contribution in [0.2, 0.25) is 0 Å². The smallest absolute Gasteiger partial charge is 0.0992 e. The summed E-state index contributed by atoms with van der Waals surface area (Å²) in [5, 5.41) is 41.8. The van der Waals surface area contributed by atoms with Crippen LogP contribution in [0.4, 0.5) is 0 Å². The molecule has 0 amide bonds. The lowest BCUT2D eigenvalue weighted by Gasteiger charge is -2.72. The van der Waals surface area contributed by atoms with Crippen molar-refractivity contribution >= 4 is 0 Å². The molecule has 4 N–H and O–H groups in total. The molecule has 6 unspecified atom stereocenters. The molecule has 2 saturated carbocycles. The highest BCUT2D eigenvalue weighted by Crippen LogP contribution is 2.72. The molecule has 0 spiro atoms. The predicted molar refractivity (Wildman–Crippen MR) is 70.2 cm³/mol. The highest BCUT2D eigenvalue weighted by atomic mass is 16.3. The van der Waals surface area contributed by atoms with Gasteiger partial charge >= 0.3 is 0 Å². The Labute approximate surface area is 113 Å². The van der Waals surface area contributed by atoms with Crippen LogP contribution in [0, 0.1) is 22.2 Å². The Kier molecular flexibility index (Phi) is 2.44. The van der Waals surface area contributed by atoms with Crippen LogP contribution in [0.25, 0.3) is 0 Å². The average Bonchev–Trinajstić information content (AvgIpc) is 2.58. The lowest BCUT2D eigenvalue weighted by molar-refractivity contribution is -0.339. The largest absolute Gasteiger partial charge is 0.396 e. The summed E-state index contributed by atoms with van der Waals surface area (Å²) in [6.45, 7) is 5.67. The van der Waals surface area contributed by atoms with Gasteiger partial charge in [0, 0.05) is 11.3 Å². The predicted octanol–water partition coefficient (Wildman–Crippen LogP) is 0.444. The Morgan fingerprint density at radius 1 is 1.16 bits per heavy atom. The van der Waals surface area contributed by atoms with E-state index in [1.165, 1.54) is 0 Å². The van der Waals surface area contributed by atoms with Gasteiger partial charge < -0.3 is 20.4 Å². The number of allylic oxidation sites excluding steroid dienone is 1. The van der Waals surface area contributed by atoms with Crippen LogP contribution in [0.15, 0.2) is 12.2 Å². The van der Waals surface area contributed by atoms with Crippen LogP contribution >= 0.6 is 0 Å². The van der Waals surface area contributed by atoms with Crippen molar-refractivity contribution < 1.29 is 20.4 Å². The fraction of sp³-hybridized carbons (Fsp3) is 0.867. The number of aliphatic hydroxyl groups excluding tert-OH is 3. The first-order valence-corrected chi connectivity index (χ1v) is 7.04. The van der Waals surface area contributed by atoms with Crippen molar-refractivity contribution in [3.8, 4) is 0 Å². The SMILES string of the molecule is CC1(C)CC2C1(O)C(O)CC1(C)C=CC(O)C21CO. The fourth-order valence-corrected chi connectivity index (χ4v) is 5.20. The third-order valence-electron chi connectivity index (χ3n) is 6.58. The molecule has 0 aromatic rings. The van der Waals surface area contributed by atoms with E-state index in [1.807, 2.05) is 26.8 Å². The minimum atomic E-state index is -1.22. The zero-order chi connectivity index (χ0) is 14.3. The van der Waals surface area contributed by atoms with Crippen molar-refractivity contribution in [3.63, 3.8) is 0 Å². The van der Waals surface area contributed by atoms with Crippen molar-refractivity contribution in [2.75, 3.05) is 6.61 Å². The topological polar surface area (TPSA) is 80.9 Å². The zero-order valence-corrected chi connectivity index (χ0v) is 11.8. The molecule has 0 saturated heterocycles. The Hall–Kier alpha value is -0.420. The lowest BCUT2D eigenvalue weighted by atomic mass is 9.35. The quantitative estimate of drug-likeness (QED) is 0.520. The van der Waals surface area contributed by atoms with E-state index in [2.05, 4.69) is 0 Å². The van der Waals surface area contributed by atoms with Crippen LogP contribution in [0.3, 0.4) is 0 Å². The number of hydrogen-bond donors (Lipinski definition) is 4. The minimum absolute atomic E-state index is 0.173. The Balaban J connectivity index is 2.13. The molecule has 2 fully saturated rings. The summed E-state index contributed by atoms with van der Waals surface area (Å²) in [7, 11) is 0. The Morgan fingerprint density at radius 3 is 2.32 bits per heavy atom. The van der Waals surface area contributed by atoms with Gasteiger partial charge in [0.05, 0.1) is 24.4 Å². The van der Waals surface area contributed by atoms with Gasteiger partial charge in [-0.1, -0.05) is 32.9 Å². The first-order chi connectivity index (χ1) is 8.66.